The lowest BCUT2D eigenvalue weighted by molar-refractivity contribution is 0.0965. The molecule has 0 bridgehead atoms. The summed E-state index contributed by atoms with van der Waals surface area (Å²) >= 11 is 0. The van der Waals surface area contributed by atoms with E-state index in [0.717, 1.165) is 25.7 Å². The summed E-state index contributed by atoms with van der Waals surface area (Å²) in [6.45, 7) is 8.80. The lowest BCUT2D eigenvalue weighted by Gasteiger charge is -2.09. The number of allylic oxidation sites excluding steroid dienone is 6. The molecule has 1 aliphatic rings. The maximum atomic E-state index is 11.7. The molecule has 27 heavy (non-hydrogen) atoms. The first-order valence-electron chi connectivity index (χ1n) is 9.59. The number of hydrogen-bond donors (Lipinski definition) is 3. The first-order valence-corrected chi connectivity index (χ1v) is 9.59. The standard InChI is InChI=1S/C23H31NO3/c1-15(2)7-5-8-16(3)9-6-10-17(4)11-12-18-21(25)13-19-20(22(18)26)14-24-23(19)27/h7,9,11,13,25-26H,5-6,8,10,12,14H2,1-4H3,(H,24,27)/b16-9-,17-11-. The average Bonchev–Trinajstić information content (AvgIpc) is 2.95. The summed E-state index contributed by atoms with van der Waals surface area (Å²) in [5.74, 6) is -0.245. The summed E-state index contributed by atoms with van der Waals surface area (Å²) in [5, 5.41) is 23.2. The number of phenolic OH excluding ortho intramolecular Hbond substituents is 2. The molecule has 0 saturated heterocycles. The first kappa shape index (κ1) is 20.8. The van der Waals surface area contributed by atoms with E-state index in [4.69, 9.17) is 0 Å². The highest BCUT2D eigenvalue weighted by Crippen LogP contribution is 2.36. The van der Waals surface area contributed by atoms with Gasteiger partial charge in [-0.1, -0.05) is 34.9 Å². The van der Waals surface area contributed by atoms with Gasteiger partial charge < -0.3 is 15.5 Å². The second-order valence-electron chi connectivity index (χ2n) is 7.60. The lowest BCUT2D eigenvalue weighted by Crippen LogP contribution is -2.12. The number of fused-ring (bicyclic) bond motifs is 1. The van der Waals surface area contributed by atoms with Crippen LogP contribution in [0.25, 0.3) is 0 Å². The Morgan fingerprint density at radius 1 is 1.04 bits per heavy atom. The predicted octanol–water partition coefficient (Wildman–Crippen LogP) is 5.30. The number of carbonyl (C=O) groups is 1. The number of amides is 1. The zero-order chi connectivity index (χ0) is 20.0. The Morgan fingerprint density at radius 2 is 1.67 bits per heavy atom. The normalized spacial score (nSPS) is 14.1. The van der Waals surface area contributed by atoms with Gasteiger partial charge in [-0.25, -0.2) is 0 Å². The SMILES string of the molecule is CC(C)=CCC/C(C)=C\CC/C(C)=C\Cc1c(O)cc2c(c1O)CNC2=O. The molecule has 0 spiro atoms. The number of nitrogens with one attached hydrogen (secondary N) is 1. The van der Waals surface area contributed by atoms with Crippen LogP contribution >= 0.6 is 0 Å². The molecule has 0 radical (unpaired) electrons. The van der Waals surface area contributed by atoms with Crippen LogP contribution in [0, 0.1) is 0 Å². The van der Waals surface area contributed by atoms with E-state index in [0.29, 0.717) is 29.7 Å². The largest absolute Gasteiger partial charge is 0.507 e. The third-order valence-corrected chi connectivity index (χ3v) is 4.93. The van der Waals surface area contributed by atoms with Gasteiger partial charge >= 0.3 is 0 Å². The Bertz CT molecular complexity index is 796. The molecular weight excluding hydrogens is 338 g/mol. The molecule has 1 heterocycles. The highest BCUT2D eigenvalue weighted by Gasteiger charge is 2.25. The average molecular weight is 370 g/mol. The van der Waals surface area contributed by atoms with Crippen molar-refractivity contribution < 1.29 is 15.0 Å². The van der Waals surface area contributed by atoms with Crippen molar-refractivity contribution in [2.75, 3.05) is 0 Å². The van der Waals surface area contributed by atoms with Crippen LogP contribution in [0.1, 0.15) is 74.9 Å². The van der Waals surface area contributed by atoms with Crippen LogP contribution in [0.4, 0.5) is 0 Å². The molecule has 4 nitrogen and oxygen atoms in total. The minimum atomic E-state index is -0.249. The molecule has 0 fully saturated rings. The first-order chi connectivity index (χ1) is 12.8. The second-order valence-corrected chi connectivity index (χ2v) is 7.60. The predicted molar refractivity (Wildman–Crippen MR) is 110 cm³/mol. The van der Waals surface area contributed by atoms with Crippen molar-refractivity contribution in [2.45, 2.75) is 66.3 Å². The molecular formula is C23H31NO3. The van der Waals surface area contributed by atoms with Crippen LogP contribution in [0.5, 0.6) is 11.5 Å². The van der Waals surface area contributed by atoms with Gasteiger partial charge in [0.1, 0.15) is 11.5 Å². The summed E-state index contributed by atoms with van der Waals surface area (Å²) in [6, 6.07) is 1.45. The molecule has 4 heteroatoms. The van der Waals surface area contributed by atoms with E-state index in [2.05, 4.69) is 45.2 Å². The maximum Gasteiger partial charge on any atom is 0.252 e. The van der Waals surface area contributed by atoms with E-state index in [1.54, 1.807) is 0 Å². The molecule has 1 aromatic carbocycles. The van der Waals surface area contributed by atoms with Crippen LogP contribution in [-0.2, 0) is 13.0 Å². The Labute approximate surface area is 162 Å². The third kappa shape index (κ3) is 5.75. The van der Waals surface area contributed by atoms with E-state index in [-0.39, 0.29) is 17.4 Å². The Hall–Kier alpha value is -2.49. The fourth-order valence-corrected chi connectivity index (χ4v) is 3.20. The van der Waals surface area contributed by atoms with Gasteiger partial charge in [0, 0.05) is 17.7 Å². The topological polar surface area (TPSA) is 69.6 Å². The summed E-state index contributed by atoms with van der Waals surface area (Å²) in [5.41, 5.74) is 5.41. The van der Waals surface area contributed by atoms with Gasteiger partial charge in [0.2, 0.25) is 0 Å². The van der Waals surface area contributed by atoms with E-state index in [9.17, 15) is 15.0 Å². The number of carbonyl (C=O) groups excluding carboxylic acids is 1. The molecule has 146 valence electrons. The molecule has 0 atom stereocenters. The van der Waals surface area contributed by atoms with Crippen molar-refractivity contribution in [3.63, 3.8) is 0 Å². The van der Waals surface area contributed by atoms with Crippen molar-refractivity contribution in [1.29, 1.82) is 0 Å². The monoisotopic (exact) mass is 369 g/mol. The molecule has 0 saturated carbocycles. The summed E-state index contributed by atoms with van der Waals surface area (Å²) in [7, 11) is 0. The van der Waals surface area contributed by atoms with Crippen molar-refractivity contribution in [3.8, 4) is 11.5 Å². The highest BCUT2D eigenvalue weighted by molar-refractivity contribution is 5.99. The molecule has 1 aliphatic heterocycles. The van der Waals surface area contributed by atoms with Gasteiger partial charge in [-0.15, -0.1) is 0 Å². The number of benzene rings is 1. The van der Waals surface area contributed by atoms with Gasteiger partial charge in [0.25, 0.3) is 5.91 Å². The molecule has 0 unspecified atom stereocenters. The summed E-state index contributed by atoms with van der Waals surface area (Å²) in [6.07, 6.45) is 11.2. The van der Waals surface area contributed by atoms with Gasteiger partial charge in [0.05, 0.1) is 5.56 Å². The smallest absolute Gasteiger partial charge is 0.252 e. The van der Waals surface area contributed by atoms with Crippen LogP contribution in [-0.4, -0.2) is 16.1 Å². The molecule has 2 rings (SSSR count). The van der Waals surface area contributed by atoms with E-state index >= 15 is 0 Å². The van der Waals surface area contributed by atoms with Crippen molar-refractivity contribution in [3.05, 3.63) is 57.7 Å². The zero-order valence-electron chi connectivity index (χ0n) is 16.9. The minimum absolute atomic E-state index is 0.0256. The highest BCUT2D eigenvalue weighted by atomic mass is 16.3. The maximum absolute atomic E-state index is 11.7. The quantitative estimate of drug-likeness (QED) is 0.544. The van der Waals surface area contributed by atoms with Crippen LogP contribution in [0.15, 0.2) is 41.0 Å². The summed E-state index contributed by atoms with van der Waals surface area (Å²) in [4.78, 5) is 11.7. The van der Waals surface area contributed by atoms with Crippen LogP contribution in [0.3, 0.4) is 0 Å². The summed E-state index contributed by atoms with van der Waals surface area (Å²) < 4.78 is 0. The molecule has 0 aromatic heterocycles. The van der Waals surface area contributed by atoms with Crippen molar-refractivity contribution in [1.82, 2.24) is 5.32 Å². The van der Waals surface area contributed by atoms with Gasteiger partial charge in [0.15, 0.2) is 0 Å². The van der Waals surface area contributed by atoms with Crippen LogP contribution < -0.4 is 5.32 Å². The van der Waals surface area contributed by atoms with Gasteiger partial charge in [-0.05, 0) is 65.9 Å². The third-order valence-electron chi connectivity index (χ3n) is 4.93. The fraction of sp³-hybridized carbons (Fsp3) is 0.435. The molecule has 1 aromatic rings. The fourth-order valence-electron chi connectivity index (χ4n) is 3.20. The number of aromatic hydroxyl groups is 2. The molecule has 1 amide bonds. The lowest BCUT2D eigenvalue weighted by atomic mass is 9.99. The number of rotatable bonds is 8. The van der Waals surface area contributed by atoms with Gasteiger partial charge in [-0.3, -0.25) is 4.79 Å². The van der Waals surface area contributed by atoms with E-state index in [1.165, 1.54) is 22.8 Å². The second kappa shape index (κ2) is 9.45. The number of hydrogen-bond acceptors (Lipinski definition) is 3. The van der Waals surface area contributed by atoms with Crippen LogP contribution in [0.2, 0.25) is 0 Å². The Morgan fingerprint density at radius 3 is 2.33 bits per heavy atom. The van der Waals surface area contributed by atoms with E-state index < -0.39 is 0 Å². The Balaban J connectivity index is 1.93. The Kier molecular flexibility index (Phi) is 7.28. The van der Waals surface area contributed by atoms with E-state index in [1.807, 2.05) is 6.08 Å². The molecule has 3 N–H and O–H groups in total. The minimum Gasteiger partial charge on any atom is -0.507 e. The van der Waals surface area contributed by atoms with Gasteiger partial charge in [-0.2, -0.15) is 0 Å². The number of phenols is 2. The molecule has 0 aliphatic carbocycles. The zero-order valence-corrected chi connectivity index (χ0v) is 16.9. The van der Waals surface area contributed by atoms with Crippen molar-refractivity contribution in [2.24, 2.45) is 0 Å². The van der Waals surface area contributed by atoms with Crippen molar-refractivity contribution >= 4 is 5.91 Å².